The first-order valence-electron chi connectivity index (χ1n) is 12.9. The second kappa shape index (κ2) is 11.4. The van der Waals surface area contributed by atoms with Gasteiger partial charge in [-0.25, -0.2) is 4.68 Å². The maximum absolute atomic E-state index is 13.8. The maximum Gasteiger partial charge on any atom is 0.240 e. The normalized spacial score (nSPS) is 15.5. The molecule has 0 saturated carbocycles. The molecule has 0 bridgehead atoms. The largest absolute Gasteiger partial charge is 0.496 e. The van der Waals surface area contributed by atoms with E-state index in [1.807, 2.05) is 42.5 Å². The second-order valence-corrected chi connectivity index (χ2v) is 12.0. The molecule has 1 N–H and O–H groups in total. The van der Waals surface area contributed by atoms with Gasteiger partial charge in [0.15, 0.2) is 0 Å². The number of para-hydroxylation sites is 2. The minimum absolute atomic E-state index is 0.162. The third-order valence-corrected chi connectivity index (χ3v) is 8.20. The fourth-order valence-corrected chi connectivity index (χ4v) is 6.23. The highest BCUT2D eigenvalue weighted by Crippen LogP contribution is 2.50. The van der Waals surface area contributed by atoms with Crippen molar-refractivity contribution < 1.29 is 18.7 Å². The van der Waals surface area contributed by atoms with E-state index >= 15 is 0 Å². The SMILES string of the molecule is COc1ccccc1[C@@H]1SCC(=O)N(CC(=O)NCc2ccco2)c2c1c(C(C)(C)C)nn2-c1ccccc1Cl. The van der Waals surface area contributed by atoms with E-state index in [4.69, 9.17) is 25.9 Å². The van der Waals surface area contributed by atoms with E-state index in [1.165, 1.54) is 16.7 Å². The molecule has 8 nitrogen and oxygen atoms in total. The average molecular weight is 579 g/mol. The summed E-state index contributed by atoms with van der Waals surface area (Å²) in [5.74, 6) is 1.50. The molecule has 0 unspecified atom stereocenters. The predicted octanol–water partition coefficient (Wildman–Crippen LogP) is 5.91. The number of furan rings is 1. The summed E-state index contributed by atoms with van der Waals surface area (Å²) in [6.45, 7) is 6.29. The van der Waals surface area contributed by atoms with Gasteiger partial charge >= 0.3 is 0 Å². The number of anilines is 1. The highest BCUT2D eigenvalue weighted by Gasteiger charge is 2.40. The van der Waals surface area contributed by atoms with Crippen molar-refractivity contribution in [1.82, 2.24) is 15.1 Å². The Hall–Kier alpha value is -3.69. The summed E-state index contributed by atoms with van der Waals surface area (Å²) in [6.07, 6.45) is 1.55. The summed E-state index contributed by atoms with van der Waals surface area (Å²) in [6, 6.07) is 18.7. The Bertz CT molecular complexity index is 1530. The van der Waals surface area contributed by atoms with Gasteiger partial charge in [0.05, 0.1) is 47.3 Å². The average Bonchev–Trinajstić information content (AvgIpc) is 3.57. The zero-order chi connectivity index (χ0) is 28.4. The molecule has 4 aromatic rings. The van der Waals surface area contributed by atoms with Gasteiger partial charge < -0.3 is 14.5 Å². The Balaban J connectivity index is 1.71. The van der Waals surface area contributed by atoms with Gasteiger partial charge in [0.2, 0.25) is 11.8 Å². The molecule has 1 aliphatic rings. The van der Waals surface area contributed by atoms with E-state index in [1.54, 1.807) is 36.3 Å². The zero-order valence-corrected chi connectivity index (χ0v) is 24.4. The first-order valence-corrected chi connectivity index (χ1v) is 14.3. The molecule has 0 saturated heterocycles. The van der Waals surface area contributed by atoms with Gasteiger partial charge in [-0.2, -0.15) is 5.10 Å². The van der Waals surface area contributed by atoms with E-state index in [-0.39, 0.29) is 35.9 Å². The van der Waals surface area contributed by atoms with Crippen molar-refractivity contribution in [2.24, 2.45) is 0 Å². The van der Waals surface area contributed by atoms with Gasteiger partial charge in [0.1, 0.15) is 23.9 Å². The number of fused-ring (bicyclic) bond motifs is 1. The highest BCUT2D eigenvalue weighted by molar-refractivity contribution is 8.00. The van der Waals surface area contributed by atoms with Gasteiger partial charge in [0, 0.05) is 16.5 Å². The molecule has 0 spiro atoms. The van der Waals surface area contributed by atoms with E-state index in [0.717, 1.165) is 16.8 Å². The lowest BCUT2D eigenvalue weighted by Gasteiger charge is -2.25. The molecule has 0 radical (unpaired) electrons. The molecule has 2 aromatic carbocycles. The van der Waals surface area contributed by atoms with Crippen LogP contribution in [0.3, 0.4) is 0 Å². The number of hydrogen-bond donors (Lipinski definition) is 1. The van der Waals surface area contributed by atoms with Crippen molar-refractivity contribution in [1.29, 1.82) is 0 Å². The maximum atomic E-state index is 13.8. The Kier molecular flexibility index (Phi) is 7.96. The van der Waals surface area contributed by atoms with Crippen LogP contribution < -0.4 is 15.0 Å². The van der Waals surface area contributed by atoms with E-state index in [9.17, 15) is 9.59 Å². The summed E-state index contributed by atoms with van der Waals surface area (Å²) in [7, 11) is 1.64. The summed E-state index contributed by atoms with van der Waals surface area (Å²) < 4.78 is 12.8. The van der Waals surface area contributed by atoms with Gasteiger partial charge in [-0.05, 0) is 30.3 Å². The van der Waals surface area contributed by atoms with E-state index in [2.05, 4.69) is 26.1 Å². The van der Waals surface area contributed by atoms with Gasteiger partial charge in [-0.15, -0.1) is 11.8 Å². The molecule has 0 aliphatic carbocycles. The number of hydrogen-bond acceptors (Lipinski definition) is 6. The van der Waals surface area contributed by atoms with Crippen molar-refractivity contribution in [3.8, 4) is 11.4 Å². The number of rotatable bonds is 7. The zero-order valence-electron chi connectivity index (χ0n) is 22.8. The van der Waals surface area contributed by atoms with Crippen LogP contribution in [0.1, 0.15) is 48.6 Å². The monoisotopic (exact) mass is 578 g/mol. The van der Waals surface area contributed by atoms with Crippen molar-refractivity contribution in [3.63, 3.8) is 0 Å². The van der Waals surface area contributed by atoms with Crippen LogP contribution in [0, 0.1) is 0 Å². The molecular formula is C30H31ClN4O4S. The Labute approximate surface area is 242 Å². The van der Waals surface area contributed by atoms with Crippen LogP contribution in [0.25, 0.3) is 5.69 Å². The molecule has 1 atom stereocenters. The number of halogens is 1. The smallest absolute Gasteiger partial charge is 0.240 e. The molecule has 3 heterocycles. The van der Waals surface area contributed by atoms with Crippen molar-refractivity contribution >= 4 is 41.0 Å². The first-order chi connectivity index (χ1) is 19.2. The standard InChI is InChI=1S/C30H31ClN4O4S/c1-30(2,3)28-26-27(20-11-5-8-14-23(20)38-4)40-18-25(37)34(17-24(36)32-16-19-10-9-15-39-19)29(26)35(33-28)22-13-7-6-12-21(22)31/h5-15,27H,16-18H2,1-4H3,(H,32,36)/t27-/m0/s1. The summed E-state index contributed by atoms with van der Waals surface area (Å²) in [4.78, 5) is 28.5. The lowest BCUT2D eigenvalue weighted by molar-refractivity contribution is -0.123. The number of aromatic nitrogens is 2. The van der Waals surface area contributed by atoms with Crippen LogP contribution in [-0.2, 0) is 21.5 Å². The third-order valence-electron chi connectivity index (χ3n) is 6.64. The quantitative estimate of drug-likeness (QED) is 0.293. The third kappa shape index (κ3) is 5.48. The number of nitrogens with one attached hydrogen (secondary N) is 1. The van der Waals surface area contributed by atoms with Crippen LogP contribution in [-0.4, -0.2) is 41.0 Å². The van der Waals surface area contributed by atoms with Crippen LogP contribution in [0.5, 0.6) is 5.75 Å². The molecular weight excluding hydrogens is 548 g/mol. The fraction of sp³-hybridized carbons (Fsp3) is 0.300. The van der Waals surface area contributed by atoms with Crippen molar-refractivity contribution in [3.05, 3.63) is 94.5 Å². The van der Waals surface area contributed by atoms with Crippen molar-refractivity contribution in [2.75, 3.05) is 24.3 Å². The van der Waals surface area contributed by atoms with Crippen molar-refractivity contribution in [2.45, 2.75) is 38.0 Å². The van der Waals surface area contributed by atoms with E-state index < -0.39 is 5.41 Å². The number of nitrogens with zero attached hydrogens (tertiary/aromatic N) is 3. The predicted molar refractivity (Wildman–Crippen MR) is 157 cm³/mol. The van der Waals surface area contributed by atoms with Crippen LogP contribution in [0.2, 0.25) is 5.02 Å². The molecule has 0 fully saturated rings. The van der Waals surface area contributed by atoms with Crippen LogP contribution in [0.4, 0.5) is 5.82 Å². The topological polar surface area (TPSA) is 89.6 Å². The Morgan fingerprint density at radius 3 is 2.60 bits per heavy atom. The minimum Gasteiger partial charge on any atom is -0.496 e. The second-order valence-electron chi connectivity index (χ2n) is 10.5. The first kappa shape index (κ1) is 27.9. The van der Waals surface area contributed by atoms with Gasteiger partial charge in [0.25, 0.3) is 0 Å². The van der Waals surface area contributed by atoms with Crippen LogP contribution >= 0.6 is 23.4 Å². The minimum atomic E-state index is -0.391. The summed E-state index contributed by atoms with van der Waals surface area (Å²) >= 11 is 8.18. The molecule has 5 rings (SSSR count). The lowest BCUT2D eigenvalue weighted by atomic mass is 9.87. The molecule has 208 valence electrons. The highest BCUT2D eigenvalue weighted by atomic mass is 35.5. The number of amides is 2. The fourth-order valence-electron chi connectivity index (χ4n) is 4.79. The molecule has 2 amide bonds. The van der Waals surface area contributed by atoms with Crippen LogP contribution in [0.15, 0.2) is 71.3 Å². The number of ether oxygens (including phenoxy) is 1. The lowest BCUT2D eigenvalue weighted by Crippen LogP contribution is -2.42. The Morgan fingerprint density at radius 2 is 1.90 bits per heavy atom. The van der Waals surface area contributed by atoms with E-state index in [0.29, 0.717) is 28.0 Å². The number of thioether (sulfide) groups is 1. The van der Waals surface area contributed by atoms with Gasteiger partial charge in [-0.1, -0.05) is 62.7 Å². The molecule has 1 aliphatic heterocycles. The molecule has 10 heteroatoms. The number of carbonyl (C=O) groups is 2. The summed E-state index contributed by atoms with van der Waals surface area (Å²) in [5.41, 5.74) is 2.82. The summed E-state index contributed by atoms with van der Waals surface area (Å²) in [5, 5.41) is 8.15. The number of benzene rings is 2. The molecule has 40 heavy (non-hydrogen) atoms. The number of methoxy groups -OCH3 is 1. The molecule has 2 aromatic heterocycles. The Morgan fingerprint density at radius 1 is 1.15 bits per heavy atom. The number of carbonyl (C=O) groups excluding carboxylic acids is 2. The van der Waals surface area contributed by atoms with Gasteiger partial charge in [-0.3, -0.25) is 14.5 Å².